The average molecular weight is 453 g/mol. The zero-order chi connectivity index (χ0) is 23.0. The number of fused-ring (bicyclic) bond motifs is 1. The van der Waals surface area contributed by atoms with Gasteiger partial charge in [0.05, 0.1) is 6.20 Å². The van der Waals surface area contributed by atoms with Crippen LogP contribution in [0.4, 0.5) is 0 Å². The number of amides is 2. The van der Waals surface area contributed by atoms with Gasteiger partial charge in [-0.15, -0.1) is 0 Å². The van der Waals surface area contributed by atoms with Gasteiger partial charge < -0.3 is 19.5 Å². The first kappa shape index (κ1) is 22.4. The number of rotatable bonds is 6. The molecule has 4 heterocycles. The third kappa shape index (κ3) is 4.79. The summed E-state index contributed by atoms with van der Waals surface area (Å²) in [5.41, 5.74) is 0.942. The fourth-order valence-electron chi connectivity index (χ4n) is 5.88. The highest BCUT2D eigenvalue weighted by Gasteiger charge is 2.54. The van der Waals surface area contributed by atoms with E-state index >= 15 is 0 Å². The number of nitrogens with zero attached hydrogens (tertiary/aromatic N) is 3. The first-order chi connectivity index (χ1) is 15.9. The van der Waals surface area contributed by atoms with Crippen LogP contribution in [0.1, 0.15) is 62.9 Å². The number of carbonyl (C=O) groups is 2. The van der Waals surface area contributed by atoms with Crippen molar-refractivity contribution in [3.63, 3.8) is 0 Å². The highest BCUT2D eigenvalue weighted by atomic mass is 16.3. The van der Waals surface area contributed by atoms with Gasteiger partial charge in [0.2, 0.25) is 5.91 Å². The molecule has 3 fully saturated rings. The van der Waals surface area contributed by atoms with Crippen LogP contribution < -0.4 is 5.32 Å². The maximum Gasteiger partial charge on any atom is 0.287 e. The predicted molar refractivity (Wildman–Crippen MR) is 127 cm³/mol. The number of aromatic nitrogens is 1. The Morgan fingerprint density at radius 3 is 2.67 bits per heavy atom. The minimum Gasteiger partial charge on any atom is -0.449 e. The lowest BCUT2D eigenvalue weighted by Gasteiger charge is -2.37. The number of furan rings is 1. The monoisotopic (exact) mass is 452 g/mol. The zero-order valence-corrected chi connectivity index (χ0v) is 19.9. The van der Waals surface area contributed by atoms with Crippen molar-refractivity contribution < 1.29 is 14.0 Å². The molecular formula is C26H36N4O3. The van der Waals surface area contributed by atoms with Gasteiger partial charge in [0.15, 0.2) is 11.3 Å². The molecule has 7 nitrogen and oxygen atoms in total. The van der Waals surface area contributed by atoms with E-state index in [1.165, 1.54) is 0 Å². The van der Waals surface area contributed by atoms with Crippen molar-refractivity contribution in [2.75, 3.05) is 32.7 Å². The Balaban J connectivity index is 1.04. The summed E-state index contributed by atoms with van der Waals surface area (Å²) in [5, 5.41) is 3.94. The zero-order valence-electron chi connectivity index (χ0n) is 19.9. The van der Waals surface area contributed by atoms with Crippen molar-refractivity contribution in [1.29, 1.82) is 0 Å². The van der Waals surface area contributed by atoms with Gasteiger partial charge in [-0.3, -0.25) is 14.6 Å². The minimum atomic E-state index is -0.163. The summed E-state index contributed by atoms with van der Waals surface area (Å²) in [5.74, 6) is 1.57. The lowest BCUT2D eigenvalue weighted by molar-refractivity contribution is -0.134. The van der Waals surface area contributed by atoms with Gasteiger partial charge in [-0.25, -0.2) is 0 Å². The maximum absolute atomic E-state index is 12.9. The third-order valence-electron chi connectivity index (χ3n) is 8.37. The summed E-state index contributed by atoms with van der Waals surface area (Å²) in [6, 6.07) is 4.22. The van der Waals surface area contributed by atoms with E-state index in [0.717, 1.165) is 63.7 Å². The van der Waals surface area contributed by atoms with Crippen molar-refractivity contribution in [1.82, 2.24) is 20.1 Å². The third-order valence-corrected chi connectivity index (χ3v) is 8.37. The average Bonchev–Trinajstić information content (AvgIpc) is 3.29. The molecule has 0 bridgehead atoms. The van der Waals surface area contributed by atoms with E-state index in [1.807, 2.05) is 6.07 Å². The summed E-state index contributed by atoms with van der Waals surface area (Å²) >= 11 is 0. The van der Waals surface area contributed by atoms with Crippen molar-refractivity contribution in [3.05, 3.63) is 30.3 Å². The second-order valence-corrected chi connectivity index (χ2v) is 10.7. The summed E-state index contributed by atoms with van der Waals surface area (Å²) in [6.07, 6.45) is 9.59. The lowest BCUT2D eigenvalue weighted by Crippen LogP contribution is -2.43. The molecule has 1 saturated carbocycles. The number of hydrogen-bond acceptors (Lipinski definition) is 5. The van der Waals surface area contributed by atoms with Crippen molar-refractivity contribution in [2.45, 2.75) is 58.4 Å². The van der Waals surface area contributed by atoms with Crippen LogP contribution in [0.5, 0.6) is 0 Å². The number of piperidine rings is 2. The Bertz CT molecular complexity index is 967. The molecule has 2 saturated heterocycles. The quantitative estimate of drug-likeness (QED) is 0.723. The van der Waals surface area contributed by atoms with Crippen molar-refractivity contribution in [3.8, 4) is 0 Å². The summed E-state index contributed by atoms with van der Waals surface area (Å²) in [7, 11) is 0. The Hall–Kier alpha value is -2.41. The molecule has 7 heteroatoms. The summed E-state index contributed by atoms with van der Waals surface area (Å²) in [4.78, 5) is 34.0. The van der Waals surface area contributed by atoms with E-state index < -0.39 is 0 Å². The van der Waals surface area contributed by atoms with Crippen LogP contribution in [0.3, 0.4) is 0 Å². The van der Waals surface area contributed by atoms with Crippen LogP contribution in [0, 0.1) is 17.3 Å². The lowest BCUT2D eigenvalue weighted by atomic mass is 9.89. The van der Waals surface area contributed by atoms with Crippen LogP contribution >= 0.6 is 0 Å². The van der Waals surface area contributed by atoms with Crippen LogP contribution in [-0.2, 0) is 4.79 Å². The van der Waals surface area contributed by atoms with Crippen LogP contribution in [0.15, 0.2) is 28.9 Å². The van der Waals surface area contributed by atoms with E-state index in [2.05, 4.69) is 33.9 Å². The van der Waals surface area contributed by atoms with Gasteiger partial charge >= 0.3 is 0 Å². The molecule has 1 unspecified atom stereocenters. The topological polar surface area (TPSA) is 78.7 Å². The number of hydrogen-bond donors (Lipinski definition) is 1. The van der Waals surface area contributed by atoms with Gasteiger partial charge in [0, 0.05) is 43.7 Å². The Morgan fingerprint density at radius 2 is 1.97 bits per heavy atom. The molecule has 2 aromatic rings. The minimum absolute atomic E-state index is 0.163. The fourth-order valence-corrected chi connectivity index (χ4v) is 5.88. The molecule has 5 rings (SSSR count). The normalized spacial score (nSPS) is 23.4. The maximum atomic E-state index is 12.9. The van der Waals surface area contributed by atoms with Crippen LogP contribution in [-0.4, -0.2) is 65.4 Å². The standard InChI is InChI=1S/C26H36N4O3/c1-18(2)29-9-4-19(5-10-29)13-24(31)30-11-6-26(7-12-30)15-21(26)16-28-25(32)22-14-20-3-8-27-17-23(20)33-22/h3,8,14,17-19,21H,4-7,9-13,15-16H2,1-2H3,(H,28,32). The molecule has 2 aliphatic heterocycles. The first-order valence-corrected chi connectivity index (χ1v) is 12.6. The smallest absolute Gasteiger partial charge is 0.287 e. The molecule has 1 atom stereocenters. The van der Waals surface area contributed by atoms with Gasteiger partial charge in [-0.05, 0) is 88.4 Å². The molecule has 1 spiro atoms. The molecule has 0 radical (unpaired) electrons. The predicted octanol–water partition coefficient (Wildman–Crippen LogP) is 3.70. The molecule has 2 amide bonds. The van der Waals surface area contributed by atoms with E-state index in [9.17, 15) is 9.59 Å². The van der Waals surface area contributed by atoms with E-state index in [0.29, 0.717) is 53.5 Å². The van der Waals surface area contributed by atoms with Gasteiger partial charge in [-0.1, -0.05) is 0 Å². The number of nitrogens with one attached hydrogen (secondary N) is 1. The van der Waals surface area contributed by atoms with Crippen molar-refractivity contribution >= 4 is 22.8 Å². The number of carbonyl (C=O) groups excluding carboxylic acids is 2. The van der Waals surface area contributed by atoms with Gasteiger partial charge in [-0.2, -0.15) is 0 Å². The molecule has 0 aromatic carbocycles. The highest BCUT2D eigenvalue weighted by Crippen LogP contribution is 2.59. The molecule has 1 N–H and O–H groups in total. The van der Waals surface area contributed by atoms with Crippen molar-refractivity contribution in [2.24, 2.45) is 17.3 Å². The summed E-state index contributed by atoms with van der Waals surface area (Å²) in [6.45, 7) is 9.16. The van der Waals surface area contributed by atoms with E-state index in [1.54, 1.807) is 18.5 Å². The Labute approximate surface area is 195 Å². The van der Waals surface area contributed by atoms with Crippen LogP contribution in [0.25, 0.3) is 11.0 Å². The first-order valence-electron chi connectivity index (χ1n) is 12.6. The molecule has 178 valence electrons. The van der Waals surface area contributed by atoms with E-state index in [-0.39, 0.29) is 5.91 Å². The Kier molecular flexibility index (Phi) is 6.16. The number of pyridine rings is 1. The molecule has 1 aliphatic carbocycles. The van der Waals surface area contributed by atoms with Crippen LogP contribution in [0.2, 0.25) is 0 Å². The molecule has 2 aromatic heterocycles. The Morgan fingerprint density at radius 1 is 1.21 bits per heavy atom. The second-order valence-electron chi connectivity index (χ2n) is 10.7. The largest absolute Gasteiger partial charge is 0.449 e. The highest BCUT2D eigenvalue weighted by molar-refractivity contribution is 5.95. The fraction of sp³-hybridized carbons (Fsp3) is 0.654. The molecule has 3 aliphatic rings. The van der Waals surface area contributed by atoms with E-state index in [4.69, 9.17) is 4.42 Å². The second kappa shape index (κ2) is 9.09. The van der Waals surface area contributed by atoms with Gasteiger partial charge in [0.1, 0.15) is 0 Å². The van der Waals surface area contributed by atoms with Gasteiger partial charge in [0.25, 0.3) is 5.91 Å². The SMILES string of the molecule is CC(C)N1CCC(CC(=O)N2CCC3(CC2)CC3CNC(=O)c2cc3ccncc3o2)CC1. The number of likely N-dealkylation sites (tertiary alicyclic amines) is 2. The molecule has 33 heavy (non-hydrogen) atoms. The molecular weight excluding hydrogens is 416 g/mol. The summed E-state index contributed by atoms with van der Waals surface area (Å²) < 4.78 is 5.62.